The van der Waals surface area contributed by atoms with Crippen LogP contribution in [0.4, 0.5) is 10.5 Å². The van der Waals surface area contributed by atoms with Crippen LogP contribution in [-0.2, 0) is 19.6 Å². The summed E-state index contributed by atoms with van der Waals surface area (Å²) in [6.45, 7) is 2.84. The number of sulfonamides is 1. The minimum absolute atomic E-state index is 0.191. The average molecular weight is 434 g/mol. The molecule has 1 heterocycles. The number of rotatable bonds is 6. The summed E-state index contributed by atoms with van der Waals surface area (Å²) < 4.78 is 35.8. The van der Waals surface area contributed by atoms with Crippen LogP contribution in [0.15, 0.2) is 18.2 Å². The molecule has 0 radical (unpaired) electrons. The first-order valence-corrected chi connectivity index (χ1v) is 10.9. The molecule has 1 aliphatic rings. The van der Waals surface area contributed by atoms with E-state index in [2.05, 4.69) is 0 Å². The normalized spacial score (nSPS) is 14.6. The molecule has 11 heteroatoms. The van der Waals surface area contributed by atoms with Crippen molar-refractivity contribution >= 4 is 39.3 Å². The highest BCUT2D eigenvalue weighted by Gasteiger charge is 2.29. The predicted molar refractivity (Wildman–Crippen MR) is 105 cm³/mol. The van der Waals surface area contributed by atoms with Gasteiger partial charge in [0.15, 0.2) is 0 Å². The van der Waals surface area contributed by atoms with Gasteiger partial charge in [0.2, 0.25) is 15.9 Å². The fourth-order valence-corrected chi connectivity index (χ4v) is 3.83. The van der Waals surface area contributed by atoms with E-state index < -0.39 is 22.7 Å². The smallest absolute Gasteiger partial charge is 0.409 e. The lowest BCUT2D eigenvalue weighted by Gasteiger charge is -2.35. The van der Waals surface area contributed by atoms with Gasteiger partial charge in [-0.1, -0.05) is 11.6 Å². The summed E-state index contributed by atoms with van der Waals surface area (Å²) in [6, 6.07) is 4.55. The van der Waals surface area contributed by atoms with E-state index >= 15 is 0 Å². The third kappa shape index (κ3) is 5.41. The van der Waals surface area contributed by atoms with Crippen molar-refractivity contribution in [2.24, 2.45) is 0 Å². The minimum Gasteiger partial charge on any atom is -0.495 e. The van der Waals surface area contributed by atoms with Crippen LogP contribution in [-0.4, -0.2) is 82.9 Å². The van der Waals surface area contributed by atoms with Gasteiger partial charge in [-0.2, -0.15) is 0 Å². The van der Waals surface area contributed by atoms with E-state index in [0.29, 0.717) is 31.2 Å². The van der Waals surface area contributed by atoms with E-state index in [0.717, 1.165) is 10.6 Å². The molecule has 0 saturated carbocycles. The van der Waals surface area contributed by atoms with Gasteiger partial charge in [0.1, 0.15) is 12.3 Å². The Balaban J connectivity index is 2.14. The molecule has 0 aliphatic carbocycles. The molecule has 0 bridgehead atoms. The number of anilines is 1. The number of carbonyl (C=O) groups is 2. The molecule has 1 aromatic carbocycles. The van der Waals surface area contributed by atoms with Gasteiger partial charge in [0.25, 0.3) is 0 Å². The van der Waals surface area contributed by atoms with Crippen molar-refractivity contribution < 1.29 is 27.5 Å². The zero-order valence-corrected chi connectivity index (χ0v) is 17.6. The van der Waals surface area contributed by atoms with Crippen molar-refractivity contribution in [3.8, 4) is 5.75 Å². The molecule has 0 N–H and O–H groups in total. The molecule has 2 amide bonds. The van der Waals surface area contributed by atoms with Crippen molar-refractivity contribution in [3.63, 3.8) is 0 Å². The summed E-state index contributed by atoms with van der Waals surface area (Å²) in [4.78, 5) is 27.5. The maximum Gasteiger partial charge on any atom is 0.409 e. The van der Waals surface area contributed by atoms with E-state index in [4.69, 9.17) is 21.1 Å². The molecule has 1 saturated heterocycles. The minimum atomic E-state index is -3.77. The second-order valence-electron chi connectivity index (χ2n) is 6.15. The van der Waals surface area contributed by atoms with Gasteiger partial charge < -0.3 is 19.3 Å². The average Bonchev–Trinajstić information content (AvgIpc) is 2.65. The molecule has 0 unspecified atom stereocenters. The van der Waals surface area contributed by atoms with E-state index in [1.54, 1.807) is 19.1 Å². The Labute approximate surface area is 169 Å². The van der Waals surface area contributed by atoms with Gasteiger partial charge in [0.05, 0.1) is 25.7 Å². The SMILES string of the molecule is CCOC(=O)N1CCN(C(=O)CN(c2cc(Cl)ccc2OC)S(C)(=O)=O)CC1. The Morgan fingerprint density at radius 2 is 1.79 bits per heavy atom. The first kappa shape index (κ1) is 22.1. The number of halogens is 1. The monoisotopic (exact) mass is 433 g/mol. The van der Waals surface area contributed by atoms with Gasteiger partial charge in [0, 0.05) is 31.2 Å². The number of nitrogens with zero attached hydrogens (tertiary/aromatic N) is 3. The van der Waals surface area contributed by atoms with Gasteiger partial charge in [-0.3, -0.25) is 9.10 Å². The third-order valence-corrected chi connectivity index (χ3v) is 5.61. The van der Waals surface area contributed by atoms with E-state index in [9.17, 15) is 18.0 Å². The lowest BCUT2D eigenvalue weighted by atomic mass is 10.2. The summed E-state index contributed by atoms with van der Waals surface area (Å²) >= 11 is 6.00. The summed E-state index contributed by atoms with van der Waals surface area (Å²) in [5.74, 6) is -0.0919. The summed E-state index contributed by atoms with van der Waals surface area (Å²) in [5, 5.41) is 0.319. The molecule has 0 aromatic heterocycles. The fourth-order valence-electron chi connectivity index (χ4n) is 2.82. The molecule has 0 atom stereocenters. The van der Waals surface area contributed by atoms with E-state index in [1.165, 1.54) is 23.0 Å². The highest BCUT2D eigenvalue weighted by Crippen LogP contribution is 2.32. The van der Waals surface area contributed by atoms with Crippen LogP contribution < -0.4 is 9.04 Å². The Kier molecular flexibility index (Phi) is 7.36. The van der Waals surface area contributed by atoms with Crippen LogP contribution in [0.5, 0.6) is 5.75 Å². The zero-order chi connectivity index (χ0) is 20.9. The molecule has 28 heavy (non-hydrogen) atoms. The van der Waals surface area contributed by atoms with Crippen LogP contribution in [0.25, 0.3) is 0 Å². The summed E-state index contributed by atoms with van der Waals surface area (Å²) in [5.41, 5.74) is 0.191. The topological polar surface area (TPSA) is 96.5 Å². The maximum absolute atomic E-state index is 12.7. The number of hydrogen-bond donors (Lipinski definition) is 0. The number of hydrogen-bond acceptors (Lipinski definition) is 6. The Bertz CT molecular complexity index is 824. The lowest BCUT2D eigenvalue weighted by Crippen LogP contribution is -2.53. The highest BCUT2D eigenvalue weighted by molar-refractivity contribution is 7.92. The quantitative estimate of drug-likeness (QED) is 0.673. The summed E-state index contributed by atoms with van der Waals surface area (Å²) in [6.07, 6.45) is 0.593. The molecular weight excluding hydrogens is 410 g/mol. The number of piperazine rings is 1. The lowest BCUT2D eigenvalue weighted by molar-refractivity contribution is -0.131. The molecule has 1 fully saturated rings. The molecule has 2 rings (SSSR count). The van der Waals surface area contributed by atoms with Crippen LogP contribution in [0.1, 0.15) is 6.92 Å². The van der Waals surface area contributed by atoms with E-state index in [-0.39, 0.29) is 24.0 Å². The van der Waals surface area contributed by atoms with Gasteiger partial charge in [-0.25, -0.2) is 13.2 Å². The van der Waals surface area contributed by atoms with Crippen LogP contribution in [0.2, 0.25) is 5.02 Å². The Morgan fingerprint density at radius 3 is 2.32 bits per heavy atom. The van der Waals surface area contributed by atoms with E-state index in [1.807, 2.05) is 0 Å². The first-order chi connectivity index (χ1) is 13.2. The third-order valence-electron chi connectivity index (χ3n) is 4.25. The van der Waals surface area contributed by atoms with Crippen molar-refractivity contribution in [2.45, 2.75) is 6.92 Å². The second-order valence-corrected chi connectivity index (χ2v) is 8.50. The molecular formula is C17H24ClN3O6S. The van der Waals surface area contributed by atoms with Gasteiger partial charge >= 0.3 is 6.09 Å². The molecule has 156 valence electrons. The maximum atomic E-state index is 12.7. The predicted octanol–water partition coefficient (Wildman–Crippen LogP) is 1.42. The van der Waals surface area contributed by atoms with Crippen LogP contribution in [0, 0.1) is 0 Å². The van der Waals surface area contributed by atoms with Crippen LogP contribution in [0.3, 0.4) is 0 Å². The number of ether oxygens (including phenoxy) is 2. The highest BCUT2D eigenvalue weighted by atomic mass is 35.5. The summed E-state index contributed by atoms with van der Waals surface area (Å²) in [7, 11) is -2.36. The molecule has 1 aliphatic heterocycles. The fraction of sp³-hybridized carbons (Fsp3) is 0.529. The Morgan fingerprint density at radius 1 is 1.18 bits per heavy atom. The molecule has 1 aromatic rings. The van der Waals surface area contributed by atoms with Gasteiger partial charge in [-0.15, -0.1) is 0 Å². The second kappa shape index (κ2) is 9.33. The number of carbonyl (C=O) groups excluding carboxylic acids is 2. The molecule has 9 nitrogen and oxygen atoms in total. The zero-order valence-electron chi connectivity index (χ0n) is 16.1. The number of methoxy groups -OCH3 is 1. The van der Waals surface area contributed by atoms with Crippen molar-refractivity contribution in [2.75, 3.05) is 57.0 Å². The largest absolute Gasteiger partial charge is 0.495 e. The molecule has 0 spiro atoms. The van der Waals surface area contributed by atoms with Crippen molar-refractivity contribution in [1.82, 2.24) is 9.80 Å². The Hall–Kier alpha value is -2.20. The standard InChI is InChI=1S/C17H24ClN3O6S/c1-4-27-17(23)20-9-7-19(8-10-20)16(22)12-21(28(3,24)25)14-11-13(18)5-6-15(14)26-2/h5-6,11H,4,7-10,12H2,1-3H3. The van der Waals surface area contributed by atoms with Crippen molar-refractivity contribution in [3.05, 3.63) is 23.2 Å². The van der Waals surface area contributed by atoms with Crippen LogP contribution >= 0.6 is 11.6 Å². The first-order valence-electron chi connectivity index (χ1n) is 8.68. The number of benzene rings is 1. The van der Waals surface area contributed by atoms with Crippen molar-refractivity contribution in [1.29, 1.82) is 0 Å². The number of amides is 2. The van der Waals surface area contributed by atoms with Gasteiger partial charge in [-0.05, 0) is 25.1 Å².